The summed E-state index contributed by atoms with van der Waals surface area (Å²) in [5, 5.41) is 10.5. The average Bonchev–Trinajstić information content (AvgIpc) is 3.05. The number of benzene rings is 1. The van der Waals surface area contributed by atoms with E-state index in [1.54, 1.807) is 6.26 Å². The highest BCUT2D eigenvalue weighted by Crippen LogP contribution is 2.38. The van der Waals surface area contributed by atoms with Crippen molar-refractivity contribution >= 4 is 28.5 Å². The Balaban J connectivity index is 2.02. The minimum absolute atomic E-state index is 0.361. The van der Waals surface area contributed by atoms with Gasteiger partial charge in [0.1, 0.15) is 5.76 Å². The molecule has 0 aliphatic heterocycles. The van der Waals surface area contributed by atoms with Crippen LogP contribution in [0.5, 0.6) is 0 Å². The first kappa shape index (κ1) is 14.7. The maximum absolute atomic E-state index is 12.0. The molecule has 120 valence electrons. The molecule has 3 aromatic rings. The summed E-state index contributed by atoms with van der Waals surface area (Å²) in [7, 11) is 0. The van der Waals surface area contributed by atoms with Crippen molar-refractivity contribution in [2.24, 2.45) is 5.92 Å². The SMILES string of the molecule is CC1C/C(=C\c2ccco2)c2nc3ccccc3c(C(=O)O)c2C1. The number of hydrogen-bond acceptors (Lipinski definition) is 3. The summed E-state index contributed by atoms with van der Waals surface area (Å²) in [6.45, 7) is 2.14. The highest BCUT2D eigenvalue weighted by atomic mass is 16.4. The summed E-state index contributed by atoms with van der Waals surface area (Å²) in [5.41, 5.74) is 3.76. The van der Waals surface area contributed by atoms with Crippen LogP contribution in [0.25, 0.3) is 22.6 Å². The second kappa shape index (κ2) is 5.64. The van der Waals surface area contributed by atoms with Gasteiger partial charge in [0.2, 0.25) is 0 Å². The zero-order chi connectivity index (χ0) is 16.7. The number of hydrogen-bond donors (Lipinski definition) is 1. The van der Waals surface area contributed by atoms with E-state index in [0.29, 0.717) is 22.4 Å². The van der Waals surface area contributed by atoms with Crippen molar-refractivity contribution in [1.29, 1.82) is 0 Å². The Labute approximate surface area is 139 Å². The van der Waals surface area contributed by atoms with E-state index in [1.165, 1.54) is 0 Å². The maximum atomic E-state index is 12.0. The molecule has 1 aromatic carbocycles. The van der Waals surface area contributed by atoms with E-state index in [9.17, 15) is 9.90 Å². The zero-order valence-electron chi connectivity index (χ0n) is 13.3. The highest BCUT2D eigenvalue weighted by Gasteiger charge is 2.27. The van der Waals surface area contributed by atoms with Crippen LogP contribution in [-0.4, -0.2) is 16.1 Å². The predicted octanol–water partition coefficient (Wildman–Crippen LogP) is 4.65. The quantitative estimate of drug-likeness (QED) is 0.747. The molecular weight excluding hydrogens is 302 g/mol. The summed E-state index contributed by atoms with van der Waals surface area (Å²) in [5.74, 6) is 0.230. The van der Waals surface area contributed by atoms with Gasteiger partial charge in [-0.05, 0) is 54.2 Å². The fourth-order valence-electron chi connectivity index (χ4n) is 3.53. The Morgan fingerprint density at radius 2 is 2.08 bits per heavy atom. The normalized spacial score (nSPS) is 18.7. The van der Waals surface area contributed by atoms with Gasteiger partial charge in [-0.15, -0.1) is 0 Å². The number of para-hydroxylation sites is 1. The molecule has 0 bridgehead atoms. The summed E-state index contributed by atoms with van der Waals surface area (Å²) < 4.78 is 5.43. The number of aromatic nitrogens is 1. The van der Waals surface area contributed by atoms with E-state index in [0.717, 1.165) is 35.4 Å². The van der Waals surface area contributed by atoms with Gasteiger partial charge >= 0.3 is 5.97 Å². The molecular formula is C20H17NO3. The van der Waals surface area contributed by atoms with Gasteiger partial charge in [-0.3, -0.25) is 0 Å². The first-order valence-corrected chi connectivity index (χ1v) is 8.03. The van der Waals surface area contributed by atoms with Gasteiger partial charge in [0.25, 0.3) is 0 Å². The van der Waals surface area contributed by atoms with Crippen LogP contribution in [0.1, 0.15) is 40.7 Å². The van der Waals surface area contributed by atoms with Crippen molar-refractivity contribution in [2.45, 2.75) is 19.8 Å². The fourth-order valence-corrected chi connectivity index (χ4v) is 3.53. The lowest BCUT2D eigenvalue weighted by atomic mass is 9.81. The summed E-state index contributed by atoms with van der Waals surface area (Å²) in [6, 6.07) is 11.2. The van der Waals surface area contributed by atoms with Crippen molar-refractivity contribution in [3.63, 3.8) is 0 Å². The van der Waals surface area contributed by atoms with Crippen LogP contribution in [0.15, 0.2) is 47.1 Å². The van der Waals surface area contributed by atoms with Gasteiger partial charge < -0.3 is 9.52 Å². The molecule has 2 heterocycles. The van der Waals surface area contributed by atoms with Crippen molar-refractivity contribution in [3.05, 3.63) is 65.2 Å². The maximum Gasteiger partial charge on any atom is 0.336 e. The van der Waals surface area contributed by atoms with E-state index < -0.39 is 5.97 Å². The van der Waals surface area contributed by atoms with Gasteiger partial charge in [0.05, 0.1) is 23.0 Å². The smallest absolute Gasteiger partial charge is 0.336 e. The second-order valence-corrected chi connectivity index (χ2v) is 6.33. The minimum Gasteiger partial charge on any atom is -0.478 e. The summed E-state index contributed by atoms with van der Waals surface area (Å²) in [6.07, 6.45) is 5.19. The highest BCUT2D eigenvalue weighted by molar-refractivity contribution is 6.05. The number of rotatable bonds is 2. The van der Waals surface area contributed by atoms with E-state index in [4.69, 9.17) is 9.40 Å². The monoisotopic (exact) mass is 319 g/mol. The van der Waals surface area contributed by atoms with Crippen LogP contribution >= 0.6 is 0 Å². The molecule has 0 radical (unpaired) electrons. The number of pyridine rings is 1. The lowest BCUT2D eigenvalue weighted by molar-refractivity contribution is 0.0697. The number of carboxylic acid groups (broad SMARTS) is 1. The molecule has 0 saturated carbocycles. The lowest BCUT2D eigenvalue weighted by Gasteiger charge is -2.25. The number of aromatic carboxylic acids is 1. The topological polar surface area (TPSA) is 63.3 Å². The third kappa shape index (κ3) is 2.40. The third-order valence-corrected chi connectivity index (χ3v) is 4.49. The summed E-state index contributed by atoms with van der Waals surface area (Å²) >= 11 is 0. The van der Waals surface area contributed by atoms with Crippen molar-refractivity contribution in [3.8, 4) is 0 Å². The van der Waals surface area contributed by atoms with Crippen molar-refractivity contribution in [2.75, 3.05) is 0 Å². The van der Waals surface area contributed by atoms with E-state index in [-0.39, 0.29) is 0 Å². The van der Waals surface area contributed by atoms with Crippen LogP contribution < -0.4 is 0 Å². The first-order valence-electron chi connectivity index (χ1n) is 8.03. The predicted molar refractivity (Wildman–Crippen MR) is 92.8 cm³/mol. The number of furan rings is 1. The van der Waals surface area contributed by atoms with Gasteiger partial charge in [0, 0.05) is 5.39 Å². The Morgan fingerprint density at radius 3 is 2.83 bits per heavy atom. The Hall–Kier alpha value is -2.88. The number of allylic oxidation sites excluding steroid dienone is 1. The van der Waals surface area contributed by atoms with Crippen LogP contribution in [0.4, 0.5) is 0 Å². The molecule has 0 saturated heterocycles. The zero-order valence-corrected chi connectivity index (χ0v) is 13.3. The van der Waals surface area contributed by atoms with Crippen molar-refractivity contribution in [1.82, 2.24) is 4.98 Å². The van der Waals surface area contributed by atoms with Gasteiger partial charge in [-0.2, -0.15) is 0 Å². The van der Waals surface area contributed by atoms with Crippen LogP contribution in [0.3, 0.4) is 0 Å². The fraction of sp³-hybridized carbons (Fsp3) is 0.200. The molecule has 1 atom stereocenters. The Bertz CT molecular complexity index is 954. The first-order chi connectivity index (χ1) is 11.6. The molecule has 4 heteroatoms. The third-order valence-electron chi connectivity index (χ3n) is 4.49. The van der Waals surface area contributed by atoms with Crippen LogP contribution in [0, 0.1) is 5.92 Å². The summed E-state index contributed by atoms with van der Waals surface area (Å²) in [4.78, 5) is 16.7. The molecule has 1 N–H and O–H groups in total. The number of fused-ring (bicyclic) bond motifs is 2. The molecule has 0 spiro atoms. The Morgan fingerprint density at radius 1 is 1.25 bits per heavy atom. The lowest BCUT2D eigenvalue weighted by Crippen LogP contribution is -2.17. The Kier molecular flexibility index (Phi) is 3.45. The van der Waals surface area contributed by atoms with Gasteiger partial charge in [0.15, 0.2) is 0 Å². The van der Waals surface area contributed by atoms with E-state index in [1.807, 2.05) is 42.5 Å². The minimum atomic E-state index is -0.892. The largest absolute Gasteiger partial charge is 0.478 e. The standard InChI is InChI=1S/C20H17NO3/c1-12-9-13(11-14-5-4-8-24-14)19-16(10-12)18(20(22)23)15-6-2-3-7-17(15)21-19/h2-8,11-12H,9-10H2,1H3,(H,22,23)/b13-11+. The molecule has 1 aliphatic carbocycles. The average molecular weight is 319 g/mol. The molecule has 4 rings (SSSR count). The van der Waals surface area contributed by atoms with Crippen molar-refractivity contribution < 1.29 is 14.3 Å². The molecule has 1 unspecified atom stereocenters. The van der Waals surface area contributed by atoms with E-state index in [2.05, 4.69) is 6.92 Å². The number of carboxylic acids is 1. The number of carbonyl (C=O) groups is 1. The molecule has 0 fully saturated rings. The molecule has 1 aliphatic rings. The van der Waals surface area contributed by atoms with E-state index >= 15 is 0 Å². The second-order valence-electron chi connectivity index (χ2n) is 6.33. The molecule has 0 amide bonds. The molecule has 24 heavy (non-hydrogen) atoms. The van der Waals surface area contributed by atoms with Crippen LogP contribution in [-0.2, 0) is 6.42 Å². The molecule has 4 nitrogen and oxygen atoms in total. The van der Waals surface area contributed by atoms with Gasteiger partial charge in [-0.1, -0.05) is 25.1 Å². The molecule has 2 aromatic heterocycles. The van der Waals surface area contributed by atoms with Crippen LogP contribution in [0.2, 0.25) is 0 Å². The van der Waals surface area contributed by atoms with Gasteiger partial charge in [-0.25, -0.2) is 9.78 Å². The number of nitrogens with zero attached hydrogens (tertiary/aromatic N) is 1.